The molecular formula is C15H24IN7S. The van der Waals surface area contributed by atoms with Crippen molar-refractivity contribution in [2.24, 2.45) is 4.99 Å². The molecule has 132 valence electrons. The van der Waals surface area contributed by atoms with Crippen LogP contribution in [0.3, 0.4) is 0 Å². The number of hydrogen-bond donors (Lipinski definition) is 2. The van der Waals surface area contributed by atoms with Crippen LogP contribution in [0.25, 0.3) is 0 Å². The predicted molar refractivity (Wildman–Crippen MR) is 107 cm³/mol. The average molecular weight is 461 g/mol. The molecule has 0 fully saturated rings. The standard InChI is InChI=1S/C15H23N7S.HI/c1-3-12-8-18-14(23-12)6-7-17-15(16-2)21-11-4-5-13-19-10-20-22(13)9-11;/h8,10-11H,3-7,9H2,1-2H3,(H2,16,17,21);1H. The lowest BCUT2D eigenvalue weighted by molar-refractivity contribution is 0.393. The Kier molecular flexibility index (Phi) is 7.40. The van der Waals surface area contributed by atoms with Crippen molar-refractivity contribution in [2.75, 3.05) is 13.6 Å². The summed E-state index contributed by atoms with van der Waals surface area (Å²) in [6.45, 7) is 3.83. The predicted octanol–water partition coefficient (Wildman–Crippen LogP) is 1.64. The fourth-order valence-electron chi connectivity index (χ4n) is 2.66. The summed E-state index contributed by atoms with van der Waals surface area (Å²) in [4.78, 5) is 14.4. The molecule has 0 aliphatic carbocycles. The third kappa shape index (κ3) is 4.88. The minimum absolute atomic E-state index is 0. The number of nitrogens with zero attached hydrogens (tertiary/aromatic N) is 5. The van der Waals surface area contributed by atoms with E-state index in [1.165, 1.54) is 9.88 Å². The lowest BCUT2D eigenvalue weighted by atomic mass is 10.1. The summed E-state index contributed by atoms with van der Waals surface area (Å²) < 4.78 is 1.97. The van der Waals surface area contributed by atoms with Crippen LogP contribution in [0, 0.1) is 0 Å². The molecule has 0 radical (unpaired) electrons. The Morgan fingerprint density at radius 2 is 2.33 bits per heavy atom. The molecule has 9 heteroatoms. The highest BCUT2D eigenvalue weighted by Gasteiger charge is 2.20. The van der Waals surface area contributed by atoms with E-state index in [1.54, 1.807) is 24.7 Å². The average Bonchev–Trinajstić information content (AvgIpc) is 3.22. The zero-order valence-electron chi connectivity index (χ0n) is 14.0. The van der Waals surface area contributed by atoms with Crippen LogP contribution in [0.2, 0.25) is 0 Å². The summed E-state index contributed by atoms with van der Waals surface area (Å²) in [5.41, 5.74) is 0. The van der Waals surface area contributed by atoms with Gasteiger partial charge in [0.2, 0.25) is 0 Å². The molecule has 1 atom stereocenters. The molecule has 7 nitrogen and oxygen atoms in total. The third-order valence-electron chi connectivity index (χ3n) is 3.95. The number of hydrogen-bond acceptors (Lipinski definition) is 5. The van der Waals surface area contributed by atoms with Crippen LogP contribution in [0.1, 0.15) is 29.1 Å². The van der Waals surface area contributed by atoms with Gasteiger partial charge < -0.3 is 10.6 Å². The topological polar surface area (TPSA) is 80.0 Å². The second kappa shape index (κ2) is 9.30. The monoisotopic (exact) mass is 461 g/mol. The zero-order chi connectivity index (χ0) is 16.1. The molecular weight excluding hydrogens is 437 g/mol. The highest BCUT2D eigenvalue weighted by atomic mass is 127. The molecule has 0 bridgehead atoms. The summed E-state index contributed by atoms with van der Waals surface area (Å²) in [6, 6.07) is 0.335. The molecule has 1 aliphatic heterocycles. The number of aromatic nitrogens is 4. The molecule has 2 N–H and O–H groups in total. The summed E-state index contributed by atoms with van der Waals surface area (Å²) in [6.07, 6.45) is 7.58. The number of rotatable bonds is 5. The zero-order valence-corrected chi connectivity index (χ0v) is 17.2. The molecule has 0 amide bonds. The molecule has 0 saturated carbocycles. The fourth-order valence-corrected chi connectivity index (χ4v) is 3.52. The van der Waals surface area contributed by atoms with Gasteiger partial charge in [-0.05, 0) is 12.8 Å². The molecule has 3 heterocycles. The van der Waals surface area contributed by atoms with E-state index in [-0.39, 0.29) is 24.0 Å². The molecule has 1 unspecified atom stereocenters. The van der Waals surface area contributed by atoms with E-state index in [0.29, 0.717) is 6.04 Å². The first-order valence-electron chi connectivity index (χ1n) is 8.06. The van der Waals surface area contributed by atoms with Gasteiger partial charge >= 0.3 is 0 Å². The highest BCUT2D eigenvalue weighted by molar-refractivity contribution is 14.0. The van der Waals surface area contributed by atoms with Gasteiger partial charge in [0.05, 0.1) is 11.6 Å². The van der Waals surface area contributed by atoms with E-state index in [1.807, 2.05) is 10.9 Å². The van der Waals surface area contributed by atoms with Crippen LogP contribution in [-0.4, -0.2) is 45.3 Å². The number of guanidine groups is 1. The van der Waals surface area contributed by atoms with Crippen LogP contribution >= 0.6 is 35.3 Å². The normalized spacial score (nSPS) is 17.1. The Bertz CT molecular complexity index is 666. The molecule has 2 aromatic heterocycles. The van der Waals surface area contributed by atoms with E-state index in [9.17, 15) is 0 Å². The summed E-state index contributed by atoms with van der Waals surface area (Å²) in [5.74, 6) is 1.91. The summed E-state index contributed by atoms with van der Waals surface area (Å²) in [5, 5.41) is 12.3. The lowest BCUT2D eigenvalue weighted by Crippen LogP contribution is -2.47. The number of thiazole rings is 1. The first-order valence-corrected chi connectivity index (χ1v) is 8.87. The lowest BCUT2D eigenvalue weighted by Gasteiger charge is -2.25. The van der Waals surface area contributed by atoms with Crippen LogP contribution in [0.5, 0.6) is 0 Å². The van der Waals surface area contributed by atoms with Crippen molar-refractivity contribution in [2.45, 2.75) is 45.2 Å². The van der Waals surface area contributed by atoms with E-state index in [0.717, 1.165) is 50.6 Å². The number of aliphatic imine (C=N–C) groups is 1. The largest absolute Gasteiger partial charge is 0.356 e. The second-order valence-electron chi connectivity index (χ2n) is 5.56. The maximum Gasteiger partial charge on any atom is 0.191 e. The summed E-state index contributed by atoms with van der Waals surface area (Å²) in [7, 11) is 1.80. The van der Waals surface area contributed by atoms with Crippen LogP contribution in [0.4, 0.5) is 0 Å². The first kappa shape index (κ1) is 19.1. The third-order valence-corrected chi connectivity index (χ3v) is 5.15. The Balaban J connectivity index is 0.00000208. The van der Waals surface area contributed by atoms with Crippen molar-refractivity contribution in [3.05, 3.63) is 28.2 Å². The number of nitrogens with one attached hydrogen (secondary N) is 2. The Labute approximate surface area is 163 Å². The molecule has 1 aliphatic rings. The SMILES string of the molecule is CCc1cnc(CCNC(=NC)NC2CCc3ncnn3C2)s1.I. The van der Waals surface area contributed by atoms with Crippen molar-refractivity contribution in [1.82, 2.24) is 30.4 Å². The van der Waals surface area contributed by atoms with Crippen LogP contribution in [0.15, 0.2) is 17.5 Å². The van der Waals surface area contributed by atoms with Gasteiger partial charge in [0, 0.05) is 43.5 Å². The molecule has 0 saturated heterocycles. The van der Waals surface area contributed by atoms with E-state index >= 15 is 0 Å². The van der Waals surface area contributed by atoms with Crippen LogP contribution < -0.4 is 10.6 Å². The number of halogens is 1. The molecule has 3 rings (SSSR count). The molecule has 0 aromatic carbocycles. The van der Waals surface area contributed by atoms with E-state index in [2.05, 4.69) is 37.6 Å². The van der Waals surface area contributed by atoms with Gasteiger partial charge in [0.25, 0.3) is 0 Å². The molecule has 24 heavy (non-hydrogen) atoms. The maximum absolute atomic E-state index is 4.44. The Morgan fingerprint density at radius 3 is 3.08 bits per heavy atom. The summed E-state index contributed by atoms with van der Waals surface area (Å²) >= 11 is 1.79. The van der Waals surface area contributed by atoms with Gasteiger partial charge in [-0.15, -0.1) is 35.3 Å². The van der Waals surface area contributed by atoms with Crippen molar-refractivity contribution in [3.8, 4) is 0 Å². The van der Waals surface area contributed by atoms with Crippen molar-refractivity contribution < 1.29 is 0 Å². The van der Waals surface area contributed by atoms with Gasteiger partial charge in [-0.25, -0.2) is 14.6 Å². The number of aryl methyl sites for hydroxylation is 2. The molecule has 0 spiro atoms. The fraction of sp³-hybridized carbons (Fsp3) is 0.600. The Morgan fingerprint density at radius 1 is 1.46 bits per heavy atom. The van der Waals surface area contributed by atoms with E-state index in [4.69, 9.17) is 0 Å². The van der Waals surface area contributed by atoms with E-state index < -0.39 is 0 Å². The minimum Gasteiger partial charge on any atom is -0.356 e. The van der Waals surface area contributed by atoms with Crippen molar-refractivity contribution in [1.29, 1.82) is 0 Å². The number of fused-ring (bicyclic) bond motifs is 1. The molecule has 2 aromatic rings. The maximum atomic E-state index is 4.44. The quantitative estimate of drug-likeness (QED) is 0.402. The Hall–Kier alpha value is -1.23. The highest BCUT2D eigenvalue weighted by Crippen LogP contribution is 2.13. The van der Waals surface area contributed by atoms with Gasteiger partial charge in [-0.2, -0.15) is 5.10 Å². The van der Waals surface area contributed by atoms with Crippen molar-refractivity contribution in [3.63, 3.8) is 0 Å². The van der Waals surface area contributed by atoms with Gasteiger partial charge in [0.1, 0.15) is 12.2 Å². The first-order chi connectivity index (χ1) is 11.3. The van der Waals surface area contributed by atoms with Gasteiger partial charge in [0.15, 0.2) is 5.96 Å². The second-order valence-corrected chi connectivity index (χ2v) is 6.76. The van der Waals surface area contributed by atoms with Gasteiger partial charge in [-0.3, -0.25) is 4.99 Å². The van der Waals surface area contributed by atoms with Crippen molar-refractivity contribution >= 4 is 41.3 Å². The van der Waals surface area contributed by atoms with Gasteiger partial charge in [-0.1, -0.05) is 6.92 Å². The minimum atomic E-state index is 0. The smallest absolute Gasteiger partial charge is 0.191 e. The van der Waals surface area contributed by atoms with Crippen LogP contribution in [-0.2, 0) is 25.8 Å².